The number of hydrogen-bond donors (Lipinski definition) is 0. The number of rotatable bonds is 3. The summed E-state index contributed by atoms with van der Waals surface area (Å²) in [6.07, 6.45) is 3.03. The monoisotopic (exact) mass is 267 g/mol. The third-order valence-corrected chi connectivity index (χ3v) is 3.42. The van der Waals surface area contributed by atoms with Crippen LogP contribution >= 0.6 is 27.3 Å². The molecule has 0 atom stereocenters. The molecule has 0 aliphatic carbocycles. The number of aryl methyl sites for hydroxylation is 1. The van der Waals surface area contributed by atoms with Crippen LogP contribution < -0.4 is 0 Å². The molecule has 0 N–H and O–H groups in total. The first-order chi connectivity index (χ1) is 6.90. The molecule has 2 rings (SSSR count). The Hall–Kier alpha value is -0.670. The Kier molecular flexibility index (Phi) is 3.32. The lowest BCUT2D eigenvalue weighted by atomic mass is 10.2. The van der Waals surface area contributed by atoms with E-state index in [-0.39, 0.29) is 0 Å². The van der Waals surface area contributed by atoms with Crippen molar-refractivity contribution < 1.29 is 0 Å². The van der Waals surface area contributed by atoms with Crippen LogP contribution in [0.5, 0.6) is 0 Å². The summed E-state index contributed by atoms with van der Waals surface area (Å²) in [4.78, 5) is 5.74. The average Bonchev–Trinajstić information content (AvgIpc) is 2.68. The minimum absolute atomic E-state index is 1.00. The molecule has 0 amide bonds. The maximum atomic E-state index is 4.40. The molecular weight excluding hydrogens is 258 g/mol. The molecule has 0 spiro atoms. The lowest BCUT2D eigenvalue weighted by Gasteiger charge is -1.93. The predicted molar refractivity (Wildman–Crippen MR) is 65.0 cm³/mol. The number of benzene rings is 1. The Morgan fingerprint density at radius 1 is 1.21 bits per heavy atom. The average molecular weight is 268 g/mol. The minimum Gasteiger partial charge on any atom is -0.244 e. The third kappa shape index (κ3) is 2.22. The normalized spacial score (nSPS) is 10.4. The molecule has 1 aromatic heterocycles. The zero-order valence-electron chi connectivity index (χ0n) is 7.61. The summed E-state index contributed by atoms with van der Waals surface area (Å²) in [5, 5.41) is 2.12. The topological polar surface area (TPSA) is 12.9 Å². The van der Waals surface area contributed by atoms with Crippen molar-refractivity contribution in [3.8, 4) is 10.6 Å². The van der Waals surface area contributed by atoms with Crippen molar-refractivity contribution in [3.63, 3.8) is 0 Å². The van der Waals surface area contributed by atoms with Crippen molar-refractivity contribution in [2.45, 2.75) is 6.42 Å². The Morgan fingerprint density at radius 3 is 2.71 bits per heavy atom. The van der Waals surface area contributed by atoms with E-state index in [0.29, 0.717) is 0 Å². The van der Waals surface area contributed by atoms with Crippen molar-refractivity contribution in [1.29, 1.82) is 0 Å². The van der Waals surface area contributed by atoms with Gasteiger partial charge in [0.15, 0.2) is 0 Å². The summed E-state index contributed by atoms with van der Waals surface area (Å²) in [7, 11) is 0. The van der Waals surface area contributed by atoms with E-state index in [4.69, 9.17) is 0 Å². The van der Waals surface area contributed by atoms with Crippen LogP contribution in [0.1, 0.15) is 4.88 Å². The lowest BCUT2D eigenvalue weighted by molar-refractivity contribution is 1.20. The standard InChI is InChI=1S/C11H10BrNS/c12-7-6-10-8-13-11(14-10)9-4-2-1-3-5-9/h1-5,8H,6-7H2. The van der Waals surface area contributed by atoms with E-state index in [2.05, 4.69) is 33.0 Å². The highest BCUT2D eigenvalue weighted by Crippen LogP contribution is 2.25. The Bertz CT molecular complexity index is 397. The predicted octanol–water partition coefficient (Wildman–Crippen LogP) is 3.75. The van der Waals surface area contributed by atoms with Gasteiger partial charge in [0.25, 0.3) is 0 Å². The maximum Gasteiger partial charge on any atom is 0.123 e. The first-order valence-corrected chi connectivity index (χ1v) is 6.40. The van der Waals surface area contributed by atoms with E-state index >= 15 is 0 Å². The van der Waals surface area contributed by atoms with Gasteiger partial charge in [0.2, 0.25) is 0 Å². The van der Waals surface area contributed by atoms with E-state index < -0.39 is 0 Å². The molecule has 0 unspecified atom stereocenters. The van der Waals surface area contributed by atoms with Crippen LogP contribution in [0.3, 0.4) is 0 Å². The van der Waals surface area contributed by atoms with Gasteiger partial charge >= 0.3 is 0 Å². The summed E-state index contributed by atoms with van der Waals surface area (Å²) >= 11 is 5.20. The number of thiazole rings is 1. The molecule has 1 heterocycles. The summed E-state index contributed by atoms with van der Waals surface area (Å²) in [5.74, 6) is 0. The van der Waals surface area contributed by atoms with Crippen molar-refractivity contribution in [2.24, 2.45) is 0 Å². The van der Waals surface area contributed by atoms with Gasteiger partial charge in [0, 0.05) is 22.0 Å². The molecule has 72 valence electrons. The first kappa shape index (κ1) is 9.87. The molecule has 0 saturated heterocycles. The van der Waals surface area contributed by atoms with Crippen LogP contribution in [-0.4, -0.2) is 10.3 Å². The van der Waals surface area contributed by atoms with Gasteiger partial charge in [-0.25, -0.2) is 4.98 Å². The second-order valence-corrected chi connectivity index (χ2v) is 4.84. The van der Waals surface area contributed by atoms with Gasteiger partial charge in [0.1, 0.15) is 5.01 Å². The summed E-state index contributed by atoms with van der Waals surface area (Å²) in [5.41, 5.74) is 1.21. The zero-order valence-corrected chi connectivity index (χ0v) is 10.0. The maximum absolute atomic E-state index is 4.40. The van der Waals surface area contributed by atoms with Gasteiger partial charge in [-0.2, -0.15) is 0 Å². The quantitative estimate of drug-likeness (QED) is 0.772. The van der Waals surface area contributed by atoms with Gasteiger partial charge in [-0.3, -0.25) is 0 Å². The number of aromatic nitrogens is 1. The molecule has 3 heteroatoms. The number of nitrogens with zero attached hydrogens (tertiary/aromatic N) is 1. The van der Waals surface area contributed by atoms with Gasteiger partial charge in [-0.1, -0.05) is 46.3 Å². The molecule has 0 radical (unpaired) electrons. The fourth-order valence-electron chi connectivity index (χ4n) is 1.23. The minimum atomic E-state index is 1.00. The molecule has 1 nitrogen and oxygen atoms in total. The molecule has 14 heavy (non-hydrogen) atoms. The number of alkyl halides is 1. The summed E-state index contributed by atoms with van der Waals surface area (Å²) in [6, 6.07) is 10.3. The molecule has 2 aromatic rings. The molecule has 0 bridgehead atoms. The SMILES string of the molecule is BrCCc1cnc(-c2ccccc2)s1. The summed E-state index contributed by atoms with van der Waals surface area (Å²) < 4.78 is 0. The number of halogens is 1. The summed E-state index contributed by atoms with van der Waals surface area (Å²) in [6.45, 7) is 0. The second kappa shape index (κ2) is 4.71. The number of hydrogen-bond acceptors (Lipinski definition) is 2. The molecular formula is C11H10BrNS. The van der Waals surface area contributed by atoms with Crippen LogP contribution in [0.15, 0.2) is 36.5 Å². The molecule has 0 saturated carbocycles. The van der Waals surface area contributed by atoms with Crippen LogP contribution in [0, 0.1) is 0 Å². The van der Waals surface area contributed by atoms with E-state index in [1.165, 1.54) is 10.4 Å². The van der Waals surface area contributed by atoms with Gasteiger partial charge in [-0.05, 0) is 6.42 Å². The van der Waals surface area contributed by atoms with E-state index in [1.807, 2.05) is 24.4 Å². The van der Waals surface area contributed by atoms with Gasteiger partial charge in [0.05, 0.1) is 0 Å². The highest BCUT2D eigenvalue weighted by atomic mass is 79.9. The van der Waals surface area contributed by atoms with Crippen LogP contribution in [0.25, 0.3) is 10.6 Å². The Labute approximate surface area is 95.9 Å². The zero-order chi connectivity index (χ0) is 9.80. The van der Waals surface area contributed by atoms with E-state index in [0.717, 1.165) is 16.8 Å². The first-order valence-electron chi connectivity index (χ1n) is 4.46. The fraction of sp³-hybridized carbons (Fsp3) is 0.182. The Balaban J connectivity index is 2.25. The van der Waals surface area contributed by atoms with Crippen LogP contribution in [-0.2, 0) is 6.42 Å². The van der Waals surface area contributed by atoms with Crippen molar-refractivity contribution >= 4 is 27.3 Å². The Morgan fingerprint density at radius 2 is 2.00 bits per heavy atom. The lowest BCUT2D eigenvalue weighted by Crippen LogP contribution is -1.76. The van der Waals surface area contributed by atoms with Gasteiger partial charge in [-0.15, -0.1) is 11.3 Å². The highest BCUT2D eigenvalue weighted by molar-refractivity contribution is 9.09. The third-order valence-electron chi connectivity index (χ3n) is 1.92. The molecule has 1 aromatic carbocycles. The van der Waals surface area contributed by atoms with Crippen molar-refractivity contribution in [3.05, 3.63) is 41.4 Å². The molecule has 0 fully saturated rings. The fourth-order valence-corrected chi connectivity index (χ4v) is 2.84. The van der Waals surface area contributed by atoms with Crippen LogP contribution in [0.4, 0.5) is 0 Å². The largest absolute Gasteiger partial charge is 0.244 e. The van der Waals surface area contributed by atoms with E-state index in [1.54, 1.807) is 11.3 Å². The smallest absolute Gasteiger partial charge is 0.123 e. The molecule has 0 aliphatic rings. The van der Waals surface area contributed by atoms with E-state index in [9.17, 15) is 0 Å². The van der Waals surface area contributed by atoms with Crippen LogP contribution in [0.2, 0.25) is 0 Å². The molecule has 0 aliphatic heterocycles. The van der Waals surface area contributed by atoms with Gasteiger partial charge < -0.3 is 0 Å². The van der Waals surface area contributed by atoms with Crippen molar-refractivity contribution in [2.75, 3.05) is 5.33 Å². The highest BCUT2D eigenvalue weighted by Gasteiger charge is 2.02. The van der Waals surface area contributed by atoms with Crippen molar-refractivity contribution in [1.82, 2.24) is 4.98 Å². The second-order valence-electron chi connectivity index (χ2n) is 2.94.